The van der Waals surface area contributed by atoms with Gasteiger partial charge >= 0.3 is 5.97 Å². The van der Waals surface area contributed by atoms with Crippen LogP contribution in [0.3, 0.4) is 0 Å². The van der Waals surface area contributed by atoms with Crippen molar-refractivity contribution in [2.45, 2.75) is 4.90 Å². The summed E-state index contributed by atoms with van der Waals surface area (Å²) >= 11 is 0. The Hall–Kier alpha value is -3.00. The third-order valence-electron chi connectivity index (χ3n) is 3.55. The van der Waals surface area contributed by atoms with Gasteiger partial charge in [0.1, 0.15) is 11.3 Å². The van der Waals surface area contributed by atoms with E-state index >= 15 is 0 Å². The van der Waals surface area contributed by atoms with E-state index in [1.54, 1.807) is 12.1 Å². The molecule has 0 bridgehead atoms. The van der Waals surface area contributed by atoms with Crippen molar-refractivity contribution in [2.75, 3.05) is 11.8 Å². The topological polar surface area (TPSA) is 85.4 Å². The number of fused-ring (bicyclic) bond motifs is 1. The van der Waals surface area contributed by atoms with Gasteiger partial charge in [-0.25, -0.2) is 17.6 Å². The summed E-state index contributed by atoms with van der Waals surface area (Å²) in [5, 5.41) is 0.144. The predicted molar refractivity (Wildman–Crippen MR) is 90.3 cm³/mol. The molecule has 0 amide bonds. The van der Waals surface area contributed by atoms with Crippen LogP contribution in [0, 0.1) is 5.82 Å². The first kappa shape index (κ1) is 16.8. The van der Waals surface area contributed by atoms with Crippen LogP contribution in [-0.4, -0.2) is 26.5 Å². The van der Waals surface area contributed by atoms with Gasteiger partial charge in [-0.1, -0.05) is 12.1 Å². The third kappa shape index (κ3) is 3.16. The molecule has 0 atom stereocenters. The zero-order valence-corrected chi connectivity index (χ0v) is 13.9. The van der Waals surface area contributed by atoms with Crippen LogP contribution < -0.4 is 4.72 Å². The number of carbonyl (C=O) groups is 1. The monoisotopic (exact) mass is 360 g/mol. The van der Waals surface area contributed by atoms with Crippen molar-refractivity contribution in [3.05, 3.63) is 66.1 Å². The molecule has 25 heavy (non-hydrogen) atoms. The maximum absolute atomic E-state index is 13.9. The van der Waals surface area contributed by atoms with E-state index in [-0.39, 0.29) is 27.0 Å². The molecule has 8 heteroatoms. The Balaban J connectivity index is 2.11. The number of hydrogen-bond acceptors (Lipinski definition) is 5. The van der Waals surface area contributed by atoms with Crippen LogP contribution >= 0.6 is 0 Å². The molecule has 0 fully saturated rings. The molecule has 1 heterocycles. The molecule has 0 spiro atoms. The number of para-hydroxylation sites is 1. The lowest BCUT2D eigenvalue weighted by molar-refractivity contribution is 0.0602. The number of aromatic nitrogens is 1. The van der Waals surface area contributed by atoms with Crippen molar-refractivity contribution < 1.29 is 22.3 Å². The third-order valence-corrected chi connectivity index (χ3v) is 4.97. The second-order valence-electron chi connectivity index (χ2n) is 5.09. The highest BCUT2D eigenvalue weighted by Gasteiger charge is 2.22. The number of anilines is 1. The van der Waals surface area contributed by atoms with E-state index in [0.29, 0.717) is 0 Å². The average molecular weight is 360 g/mol. The van der Waals surface area contributed by atoms with Gasteiger partial charge in [-0.3, -0.25) is 9.71 Å². The fraction of sp³-hybridized carbons (Fsp3) is 0.0588. The zero-order chi connectivity index (χ0) is 18.0. The number of ether oxygens (including phenoxy) is 1. The number of hydrogen-bond donors (Lipinski definition) is 1. The van der Waals surface area contributed by atoms with Crippen LogP contribution in [0.25, 0.3) is 10.9 Å². The van der Waals surface area contributed by atoms with E-state index in [1.165, 1.54) is 37.6 Å². The number of nitrogens with zero attached hydrogens (tertiary/aromatic N) is 1. The highest BCUT2D eigenvalue weighted by atomic mass is 32.2. The van der Waals surface area contributed by atoms with Crippen molar-refractivity contribution >= 4 is 32.6 Å². The molecule has 2 aromatic carbocycles. The molecule has 0 unspecified atom stereocenters. The molecule has 128 valence electrons. The number of esters is 1. The molecule has 3 rings (SSSR count). The first-order valence-corrected chi connectivity index (χ1v) is 8.66. The number of carbonyl (C=O) groups excluding carboxylic acids is 1. The number of sulfonamides is 1. The maximum atomic E-state index is 13.9. The quantitative estimate of drug-likeness (QED) is 0.723. The highest BCUT2D eigenvalue weighted by molar-refractivity contribution is 7.93. The molecule has 0 aliphatic heterocycles. The Labute approximate surface area is 143 Å². The van der Waals surface area contributed by atoms with Crippen LogP contribution in [0.4, 0.5) is 10.1 Å². The van der Waals surface area contributed by atoms with E-state index in [4.69, 9.17) is 0 Å². The van der Waals surface area contributed by atoms with Crippen LogP contribution in [0.1, 0.15) is 10.4 Å². The average Bonchev–Trinajstić information content (AvgIpc) is 2.61. The lowest BCUT2D eigenvalue weighted by Gasteiger charge is -2.13. The fourth-order valence-electron chi connectivity index (χ4n) is 2.41. The number of benzene rings is 2. The summed E-state index contributed by atoms with van der Waals surface area (Å²) in [6.45, 7) is 0. The van der Waals surface area contributed by atoms with E-state index in [0.717, 1.165) is 12.1 Å². The lowest BCUT2D eigenvalue weighted by Crippen LogP contribution is -2.16. The van der Waals surface area contributed by atoms with Crippen LogP contribution in [-0.2, 0) is 14.8 Å². The van der Waals surface area contributed by atoms with Gasteiger partial charge < -0.3 is 4.74 Å². The molecule has 0 aliphatic carbocycles. The molecule has 0 aliphatic rings. The maximum Gasteiger partial charge on any atom is 0.339 e. The molecule has 0 radical (unpaired) electrons. The molecule has 1 aromatic heterocycles. The standard InChI is InChI=1S/C17H13FN2O4S/c1-24-17(21)11-5-2-3-7-14(11)20-25(22,23)15-9-8-13(18)16-12(15)6-4-10-19-16/h2-10,20H,1H3. The minimum Gasteiger partial charge on any atom is -0.465 e. The lowest BCUT2D eigenvalue weighted by atomic mass is 10.2. The normalized spacial score (nSPS) is 11.3. The Morgan fingerprint density at radius 2 is 1.88 bits per heavy atom. The summed E-state index contributed by atoms with van der Waals surface area (Å²) in [6.07, 6.45) is 1.38. The van der Waals surface area contributed by atoms with Crippen molar-refractivity contribution in [2.24, 2.45) is 0 Å². The summed E-state index contributed by atoms with van der Waals surface area (Å²) in [7, 11) is -2.88. The van der Waals surface area contributed by atoms with E-state index in [2.05, 4.69) is 14.4 Å². The molecule has 3 aromatic rings. The van der Waals surface area contributed by atoms with Gasteiger partial charge in [0.25, 0.3) is 10.0 Å². The minimum absolute atomic E-state index is 0.0494. The molecule has 0 saturated carbocycles. The molecule has 1 N–H and O–H groups in total. The summed E-state index contributed by atoms with van der Waals surface area (Å²) in [6, 6.07) is 11.2. The summed E-state index contributed by atoms with van der Waals surface area (Å²) in [4.78, 5) is 15.5. The first-order chi connectivity index (χ1) is 11.9. The largest absolute Gasteiger partial charge is 0.465 e. The van der Waals surface area contributed by atoms with Gasteiger partial charge in [-0.2, -0.15) is 0 Å². The van der Waals surface area contributed by atoms with Crippen LogP contribution in [0.5, 0.6) is 0 Å². The summed E-state index contributed by atoms with van der Waals surface area (Å²) in [5.74, 6) is -1.30. The second kappa shape index (κ2) is 6.48. The number of rotatable bonds is 4. The molecular formula is C17H13FN2O4S. The Morgan fingerprint density at radius 3 is 2.64 bits per heavy atom. The number of nitrogens with one attached hydrogen (secondary N) is 1. The SMILES string of the molecule is COC(=O)c1ccccc1NS(=O)(=O)c1ccc(F)c2ncccc12. The van der Waals surface area contributed by atoms with Crippen molar-refractivity contribution in [3.63, 3.8) is 0 Å². The summed E-state index contributed by atoms with van der Waals surface area (Å²) < 4.78 is 46.4. The zero-order valence-electron chi connectivity index (χ0n) is 13.1. The fourth-order valence-corrected chi connectivity index (χ4v) is 3.69. The Bertz CT molecular complexity index is 1070. The smallest absolute Gasteiger partial charge is 0.339 e. The van der Waals surface area contributed by atoms with Crippen LogP contribution in [0.15, 0.2) is 59.6 Å². The number of pyridine rings is 1. The van der Waals surface area contributed by atoms with Crippen LogP contribution in [0.2, 0.25) is 0 Å². The molecular weight excluding hydrogens is 347 g/mol. The van der Waals surface area contributed by atoms with E-state index in [1.807, 2.05) is 0 Å². The summed E-state index contributed by atoms with van der Waals surface area (Å²) in [5.41, 5.74) is 0.0838. The number of methoxy groups -OCH3 is 1. The van der Waals surface area contributed by atoms with Gasteiger partial charge in [0.05, 0.1) is 23.3 Å². The van der Waals surface area contributed by atoms with E-state index < -0.39 is 21.8 Å². The molecule has 6 nitrogen and oxygen atoms in total. The molecule has 0 saturated heterocycles. The van der Waals surface area contributed by atoms with Gasteiger partial charge in [0, 0.05) is 11.6 Å². The van der Waals surface area contributed by atoms with Crippen molar-refractivity contribution in [1.29, 1.82) is 0 Å². The van der Waals surface area contributed by atoms with Crippen molar-refractivity contribution in [1.82, 2.24) is 4.98 Å². The first-order valence-electron chi connectivity index (χ1n) is 7.17. The highest BCUT2D eigenvalue weighted by Crippen LogP contribution is 2.27. The van der Waals surface area contributed by atoms with E-state index in [9.17, 15) is 17.6 Å². The van der Waals surface area contributed by atoms with Gasteiger partial charge in [-0.05, 0) is 36.4 Å². The Kier molecular flexibility index (Phi) is 4.37. The van der Waals surface area contributed by atoms with Gasteiger partial charge in [-0.15, -0.1) is 0 Å². The second-order valence-corrected chi connectivity index (χ2v) is 6.74. The van der Waals surface area contributed by atoms with Gasteiger partial charge in [0.2, 0.25) is 0 Å². The number of halogens is 1. The van der Waals surface area contributed by atoms with Crippen molar-refractivity contribution in [3.8, 4) is 0 Å². The van der Waals surface area contributed by atoms with Gasteiger partial charge in [0.15, 0.2) is 0 Å². The Morgan fingerprint density at radius 1 is 1.12 bits per heavy atom. The predicted octanol–water partition coefficient (Wildman–Crippen LogP) is 2.96. The minimum atomic E-state index is -4.09.